The van der Waals surface area contributed by atoms with Crippen molar-refractivity contribution in [3.05, 3.63) is 41.0 Å². The van der Waals surface area contributed by atoms with Crippen LogP contribution < -0.4 is 5.32 Å². The molecule has 23 heavy (non-hydrogen) atoms. The van der Waals surface area contributed by atoms with Gasteiger partial charge in [0.2, 0.25) is 0 Å². The minimum Gasteiger partial charge on any atom is -0.348 e. The molecule has 0 spiro atoms. The lowest BCUT2D eigenvalue weighted by atomic mass is 10.3. The summed E-state index contributed by atoms with van der Waals surface area (Å²) in [5, 5.41) is 6.60. The van der Waals surface area contributed by atoms with Gasteiger partial charge in [0.05, 0.1) is 4.90 Å². The van der Waals surface area contributed by atoms with Crippen LogP contribution in [0.3, 0.4) is 0 Å². The molecule has 1 heterocycles. The van der Waals surface area contributed by atoms with Crippen molar-refractivity contribution in [3.8, 4) is 0 Å². The zero-order valence-electron chi connectivity index (χ0n) is 12.5. The number of hydrogen-bond donors (Lipinski definition) is 1. The molecule has 1 aromatic heterocycles. The van der Waals surface area contributed by atoms with E-state index >= 15 is 0 Å². The SMILES string of the molecule is CCCCNC(=O)c1nc(CS(=O)(=O)c2ccc(Cl)cc2)no1. The first kappa shape index (κ1) is 17.4. The maximum atomic E-state index is 12.2. The Morgan fingerprint density at radius 3 is 2.65 bits per heavy atom. The topological polar surface area (TPSA) is 102 Å². The summed E-state index contributed by atoms with van der Waals surface area (Å²) in [5.74, 6) is -1.29. The number of halogens is 1. The van der Waals surface area contributed by atoms with Crippen molar-refractivity contribution < 1.29 is 17.7 Å². The van der Waals surface area contributed by atoms with E-state index in [4.69, 9.17) is 16.1 Å². The molecule has 0 aliphatic heterocycles. The molecule has 0 saturated heterocycles. The van der Waals surface area contributed by atoms with Gasteiger partial charge in [0.1, 0.15) is 5.75 Å². The summed E-state index contributed by atoms with van der Waals surface area (Å²) >= 11 is 5.73. The van der Waals surface area contributed by atoms with Crippen LogP contribution in [0, 0.1) is 0 Å². The number of nitrogens with one attached hydrogen (secondary N) is 1. The third-order valence-corrected chi connectivity index (χ3v) is 4.85. The average Bonchev–Trinajstić information content (AvgIpc) is 2.95. The van der Waals surface area contributed by atoms with Crippen molar-refractivity contribution in [1.82, 2.24) is 15.5 Å². The average molecular weight is 358 g/mol. The van der Waals surface area contributed by atoms with Gasteiger partial charge in [-0.05, 0) is 30.7 Å². The lowest BCUT2D eigenvalue weighted by Crippen LogP contribution is -2.24. The van der Waals surface area contributed by atoms with Crippen LogP contribution in [0.5, 0.6) is 0 Å². The molecule has 1 aromatic carbocycles. The Balaban J connectivity index is 2.06. The maximum absolute atomic E-state index is 12.2. The number of amides is 1. The number of rotatable bonds is 7. The first-order chi connectivity index (χ1) is 10.9. The standard InChI is InChI=1S/C14H16ClN3O4S/c1-2-3-8-16-13(19)14-17-12(18-22-14)9-23(20,21)11-6-4-10(15)5-7-11/h4-7H,2-3,8-9H2,1H3,(H,16,19). The van der Waals surface area contributed by atoms with Crippen molar-refractivity contribution >= 4 is 27.3 Å². The fourth-order valence-corrected chi connectivity index (χ4v) is 3.05. The van der Waals surface area contributed by atoms with Gasteiger partial charge >= 0.3 is 11.8 Å². The van der Waals surface area contributed by atoms with E-state index in [1.807, 2.05) is 6.92 Å². The highest BCUT2D eigenvalue weighted by Crippen LogP contribution is 2.18. The number of aromatic nitrogens is 2. The lowest BCUT2D eigenvalue weighted by molar-refractivity contribution is 0.0909. The minimum atomic E-state index is -3.64. The molecule has 1 amide bonds. The number of nitrogens with zero attached hydrogens (tertiary/aromatic N) is 2. The van der Waals surface area contributed by atoms with Crippen LogP contribution in [-0.4, -0.2) is 31.0 Å². The second-order valence-corrected chi connectivity index (χ2v) is 7.26. The predicted octanol–water partition coefficient (Wildman–Crippen LogP) is 2.23. The maximum Gasteiger partial charge on any atom is 0.315 e. The molecule has 2 rings (SSSR count). The lowest BCUT2D eigenvalue weighted by Gasteiger charge is -2.01. The quantitative estimate of drug-likeness (QED) is 0.762. The molecular formula is C14H16ClN3O4S. The zero-order valence-corrected chi connectivity index (χ0v) is 14.0. The smallest absolute Gasteiger partial charge is 0.315 e. The highest BCUT2D eigenvalue weighted by atomic mass is 35.5. The van der Waals surface area contributed by atoms with Gasteiger partial charge in [-0.1, -0.05) is 30.1 Å². The zero-order chi connectivity index (χ0) is 16.9. The normalized spacial score (nSPS) is 11.4. The molecule has 1 N–H and O–H groups in total. The Kier molecular flexibility index (Phi) is 5.73. The van der Waals surface area contributed by atoms with E-state index in [2.05, 4.69) is 15.5 Å². The van der Waals surface area contributed by atoms with Gasteiger partial charge in [0.15, 0.2) is 15.7 Å². The summed E-state index contributed by atoms with van der Waals surface area (Å²) in [6.45, 7) is 2.49. The van der Waals surface area contributed by atoms with Crippen molar-refractivity contribution in [2.24, 2.45) is 0 Å². The summed E-state index contributed by atoms with van der Waals surface area (Å²) in [6.07, 6.45) is 1.77. The van der Waals surface area contributed by atoms with Crippen LogP contribution in [0.1, 0.15) is 36.3 Å². The minimum absolute atomic E-state index is 0.0689. The Morgan fingerprint density at radius 1 is 1.30 bits per heavy atom. The molecule has 0 aliphatic rings. The van der Waals surface area contributed by atoms with E-state index < -0.39 is 21.5 Å². The van der Waals surface area contributed by atoms with Crippen LogP contribution in [0.25, 0.3) is 0 Å². The van der Waals surface area contributed by atoms with Crippen LogP contribution >= 0.6 is 11.6 Å². The summed E-state index contributed by atoms with van der Waals surface area (Å²) in [4.78, 5) is 15.7. The molecule has 0 fully saturated rings. The predicted molar refractivity (Wildman–Crippen MR) is 83.9 cm³/mol. The van der Waals surface area contributed by atoms with E-state index in [0.717, 1.165) is 12.8 Å². The fourth-order valence-electron chi connectivity index (χ4n) is 1.75. The van der Waals surface area contributed by atoms with E-state index in [9.17, 15) is 13.2 Å². The molecule has 0 saturated carbocycles. The number of carbonyl (C=O) groups excluding carboxylic acids is 1. The number of unbranched alkanes of at least 4 members (excludes halogenated alkanes) is 1. The monoisotopic (exact) mass is 357 g/mol. The van der Waals surface area contributed by atoms with Gasteiger partial charge in [0, 0.05) is 11.6 Å². The Morgan fingerprint density at radius 2 is 2.00 bits per heavy atom. The van der Waals surface area contributed by atoms with Crippen LogP contribution in [-0.2, 0) is 15.6 Å². The Hall–Kier alpha value is -1.93. The van der Waals surface area contributed by atoms with Crippen LogP contribution in [0.4, 0.5) is 0 Å². The first-order valence-corrected chi connectivity index (χ1v) is 9.04. The Labute approximate surface area is 139 Å². The van der Waals surface area contributed by atoms with Gasteiger partial charge in [-0.2, -0.15) is 4.98 Å². The fraction of sp³-hybridized carbons (Fsp3) is 0.357. The van der Waals surface area contributed by atoms with Crippen molar-refractivity contribution in [2.45, 2.75) is 30.4 Å². The Bertz CT molecular complexity index is 772. The second-order valence-electron chi connectivity index (χ2n) is 4.84. The molecule has 124 valence electrons. The van der Waals surface area contributed by atoms with Crippen molar-refractivity contribution in [3.63, 3.8) is 0 Å². The number of carbonyl (C=O) groups is 1. The van der Waals surface area contributed by atoms with E-state index in [1.165, 1.54) is 24.3 Å². The van der Waals surface area contributed by atoms with Gasteiger partial charge in [0.25, 0.3) is 0 Å². The third-order valence-electron chi connectivity index (χ3n) is 2.97. The van der Waals surface area contributed by atoms with Gasteiger partial charge in [-0.25, -0.2) is 8.42 Å². The van der Waals surface area contributed by atoms with E-state index in [0.29, 0.717) is 11.6 Å². The number of benzene rings is 1. The van der Waals surface area contributed by atoms with Gasteiger partial charge < -0.3 is 9.84 Å². The molecule has 0 radical (unpaired) electrons. The molecule has 0 unspecified atom stereocenters. The largest absolute Gasteiger partial charge is 0.348 e. The summed E-state index contributed by atoms with van der Waals surface area (Å²) in [7, 11) is -3.64. The van der Waals surface area contributed by atoms with Crippen LogP contribution in [0.2, 0.25) is 5.02 Å². The van der Waals surface area contributed by atoms with Crippen molar-refractivity contribution in [2.75, 3.05) is 6.54 Å². The van der Waals surface area contributed by atoms with Crippen molar-refractivity contribution in [1.29, 1.82) is 0 Å². The number of hydrogen-bond acceptors (Lipinski definition) is 6. The van der Waals surface area contributed by atoms with E-state index in [-0.39, 0.29) is 16.6 Å². The summed E-state index contributed by atoms with van der Waals surface area (Å²) in [6, 6.07) is 5.76. The highest BCUT2D eigenvalue weighted by molar-refractivity contribution is 7.90. The molecular weight excluding hydrogens is 342 g/mol. The van der Waals surface area contributed by atoms with Crippen LogP contribution in [0.15, 0.2) is 33.7 Å². The molecule has 0 atom stereocenters. The first-order valence-electron chi connectivity index (χ1n) is 7.01. The highest BCUT2D eigenvalue weighted by Gasteiger charge is 2.21. The van der Waals surface area contributed by atoms with Gasteiger partial charge in [-0.3, -0.25) is 4.79 Å². The van der Waals surface area contributed by atoms with Gasteiger partial charge in [-0.15, -0.1) is 0 Å². The second kappa shape index (κ2) is 7.56. The van der Waals surface area contributed by atoms with E-state index in [1.54, 1.807) is 0 Å². The molecule has 9 heteroatoms. The summed E-state index contributed by atoms with van der Waals surface area (Å²) < 4.78 is 29.3. The summed E-state index contributed by atoms with van der Waals surface area (Å²) in [5.41, 5.74) is 0. The molecule has 0 aliphatic carbocycles. The third kappa shape index (κ3) is 4.77. The molecule has 0 bridgehead atoms. The molecule has 7 nitrogen and oxygen atoms in total. The molecule has 2 aromatic rings. The number of sulfone groups is 1.